The van der Waals surface area contributed by atoms with Crippen LogP contribution in [0.1, 0.15) is 45.6 Å². The Morgan fingerprint density at radius 2 is 1.83 bits per heavy atom. The number of benzene rings is 2. The van der Waals surface area contributed by atoms with Gasteiger partial charge in [-0.15, -0.1) is 0 Å². The van der Waals surface area contributed by atoms with Gasteiger partial charge in [-0.3, -0.25) is 14.9 Å². The number of hydrogen-bond donors (Lipinski definition) is 1. The number of amides is 1. The number of carbonyl (C=O) groups excluding carboxylic acids is 1. The van der Waals surface area contributed by atoms with Crippen LogP contribution in [0.3, 0.4) is 0 Å². The molecule has 120 valence electrons. The first-order chi connectivity index (χ1) is 10.8. The molecule has 1 atom stereocenters. The summed E-state index contributed by atoms with van der Waals surface area (Å²) < 4.78 is 0. The summed E-state index contributed by atoms with van der Waals surface area (Å²) in [7, 11) is 0. The Balaban J connectivity index is 2.23. The summed E-state index contributed by atoms with van der Waals surface area (Å²) in [5.41, 5.74) is 4.02. The second-order valence-corrected chi connectivity index (χ2v) is 5.75. The van der Waals surface area contributed by atoms with Crippen LogP contribution in [0, 0.1) is 30.9 Å². The van der Waals surface area contributed by atoms with Crippen LogP contribution in [0.25, 0.3) is 0 Å². The normalized spacial score (nSPS) is 11.8. The molecule has 1 amide bonds. The minimum atomic E-state index is -0.473. The Kier molecular flexibility index (Phi) is 4.79. The van der Waals surface area contributed by atoms with Crippen molar-refractivity contribution in [3.8, 4) is 0 Å². The summed E-state index contributed by atoms with van der Waals surface area (Å²) in [5.74, 6) is -0.308. The monoisotopic (exact) mass is 312 g/mol. The van der Waals surface area contributed by atoms with E-state index in [1.54, 1.807) is 13.0 Å². The third-order valence-electron chi connectivity index (χ3n) is 4.13. The summed E-state index contributed by atoms with van der Waals surface area (Å²) in [6.45, 7) is 7.55. The van der Waals surface area contributed by atoms with Gasteiger partial charge in [0, 0.05) is 17.2 Å². The van der Waals surface area contributed by atoms with Crippen LogP contribution in [0.2, 0.25) is 0 Å². The largest absolute Gasteiger partial charge is 0.346 e. The number of nitrogens with one attached hydrogen (secondary N) is 1. The number of rotatable bonds is 4. The van der Waals surface area contributed by atoms with Gasteiger partial charge in [0.05, 0.1) is 11.0 Å². The second kappa shape index (κ2) is 6.60. The molecule has 0 saturated carbocycles. The molecule has 2 rings (SSSR count). The highest BCUT2D eigenvalue weighted by Crippen LogP contribution is 2.22. The summed E-state index contributed by atoms with van der Waals surface area (Å²) in [6, 6.07) is 10.4. The van der Waals surface area contributed by atoms with Crippen LogP contribution in [-0.4, -0.2) is 10.8 Å². The fourth-order valence-corrected chi connectivity index (χ4v) is 2.46. The highest BCUT2D eigenvalue weighted by Gasteiger charge is 2.19. The Bertz CT molecular complexity index is 769. The van der Waals surface area contributed by atoms with E-state index in [1.165, 1.54) is 17.7 Å². The first-order valence-electron chi connectivity index (χ1n) is 7.43. The third-order valence-corrected chi connectivity index (χ3v) is 4.13. The van der Waals surface area contributed by atoms with Crippen molar-refractivity contribution in [2.45, 2.75) is 33.7 Å². The molecule has 23 heavy (non-hydrogen) atoms. The van der Waals surface area contributed by atoms with Crippen LogP contribution in [0.5, 0.6) is 0 Å². The molecule has 5 nitrogen and oxygen atoms in total. The van der Waals surface area contributed by atoms with E-state index in [4.69, 9.17) is 0 Å². The molecule has 0 aliphatic rings. The van der Waals surface area contributed by atoms with Gasteiger partial charge in [-0.1, -0.05) is 24.3 Å². The number of nitrogens with zero attached hydrogens (tertiary/aromatic N) is 1. The summed E-state index contributed by atoms with van der Waals surface area (Å²) in [6.07, 6.45) is 0. The van der Waals surface area contributed by atoms with Crippen molar-refractivity contribution in [2.75, 3.05) is 0 Å². The molecule has 0 aromatic heterocycles. The molecule has 5 heteroatoms. The molecule has 1 N–H and O–H groups in total. The highest BCUT2D eigenvalue weighted by atomic mass is 16.6. The molecule has 0 aliphatic carbocycles. The van der Waals surface area contributed by atoms with Gasteiger partial charge in [0.25, 0.3) is 11.6 Å². The number of hydrogen-bond acceptors (Lipinski definition) is 3. The van der Waals surface area contributed by atoms with E-state index in [-0.39, 0.29) is 17.6 Å². The molecule has 0 bridgehead atoms. The lowest BCUT2D eigenvalue weighted by Crippen LogP contribution is -2.27. The van der Waals surface area contributed by atoms with Crippen molar-refractivity contribution >= 4 is 11.6 Å². The van der Waals surface area contributed by atoms with Crippen molar-refractivity contribution in [1.29, 1.82) is 0 Å². The first kappa shape index (κ1) is 16.7. The molecule has 0 heterocycles. The van der Waals surface area contributed by atoms with Crippen LogP contribution >= 0.6 is 0 Å². The Hall–Kier alpha value is -2.69. The van der Waals surface area contributed by atoms with Crippen molar-refractivity contribution in [1.82, 2.24) is 5.32 Å². The molecular formula is C18H20N2O3. The van der Waals surface area contributed by atoms with Crippen LogP contribution in [-0.2, 0) is 0 Å². The summed E-state index contributed by atoms with van der Waals surface area (Å²) >= 11 is 0. The van der Waals surface area contributed by atoms with Crippen molar-refractivity contribution in [2.24, 2.45) is 0 Å². The maximum absolute atomic E-state index is 12.4. The molecular weight excluding hydrogens is 292 g/mol. The van der Waals surface area contributed by atoms with Gasteiger partial charge in [-0.05, 0) is 50.5 Å². The van der Waals surface area contributed by atoms with E-state index in [0.717, 1.165) is 11.1 Å². The number of nitro groups is 1. The highest BCUT2D eigenvalue weighted by molar-refractivity contribution is 5.96. The number of nitro benzene ring substituents is 1. The minimum absolute atomic E-state index is 0.0449. The second-order valence-electron chi connectivity index (χ2n) is 5.75. The van der Waals surface area contributed by atoms with E-state index >= 15 is 0 Å². The number of carbonyl (C=O) groups is 1. The fraction of sp³-hybridized carbons (Fsp3) is 0.278. The Labute approximate surface area is 135 Å². The lowest BCUT2D eigenvalue weighted by molar-refractivity contribution is -0.385. The molecule has 0 fully saturated rings. The topological polar surface area (TPSA) is 72.2 Å². The average Bonchev–Trinajstić information content (AvgIpc) is 2.49. The van der Waals surface area contributed by atoms with Crippen molar-refractivity contribution in [3.05, 3.63) is 74.3 Å². The van der Waals surface area contributed by atoms with Crippen LogP contribution < -0.4 is 5.32 Å². The van der Waals surface area contributed by atoms with Gasteiger partial charge in [0.15, 0.2) is 0 Å². The fourth-order valence-electron chi connectivity index (χ4n) is 2.46. The van der Waals surface area contributed by atoms with E-state index < -0.39 is 4.92 Å². The zero-order valence-electron chi connectivity index (χ0n) is 13.7. The predicted molar refractivity (Wildman–Crippen MR) is 89.6 cm³/mol. The molecule has 0 radical (unpaired) electrons. The Morgan fingerprint density at radius 3 is 2.43 bits per heavy atom. The smallest absolute Gasteiger partial charge is 0.273 e. The number of aryl methyl sites for hydroxylation is 2. The SMILES string of the molecule is Cc1ccc([C@H](C)NC(=O)c2cccc([N+](=O)[O-])c2C)cc1C. The van der Waals surface area contributed by atoms with E-state index in [0.29, 0.717) is 11.1 Å². The lowest BCUT2D eigenvalue weighted by atomic mass is 10.0. The van der Waals surface area contributed by atoms with E-state index in [2.05, 4.69) is 5.32 Å². The Morgan fingerprint density at radius 1 is 1.13 bits per heavy atom. The maximum atomic E-state index is 12.4. The van der Waals surface area contributed by atoms with Gasteiger partial charge < -0.3 is 5.32 Å². The molecule has 0 spiro atoms. The van der Waals surface area contributed by atoms with E-state index in [1.807, 2.05) is 39.0 Å². The first-order valence-corrected chi connectivity index (χ1v) is 7.43. The van der Waals surface area contributed by atoms with Gasteiger partial charge >= 0.3 is 0 Å². The van der Waals surface area contributed by atoms with Crippen molar-refractivity contribution in [3.63, 3.8) is 0 Å². The molecule has 2 aromatic carbocycles. The van der Waals surface area contributed by atoms with Gasteiger partial charge in [0.2, 0.25) is 0 Å². The minimum Gasteiger partial charge on any atom is -0.346 e. The summed E-state index contributed by atoms with van der Waals surface area (Å²) in [5, 5.41) is 13.9. The van der Waals surface area contributed by atoms with Crippen LogP contribution in [0.4, 0.5) is 5.69 Å². The lowest BCUT2D eigenvalue weighted by Gasteiger charge is -2.16. The van der Waals surface area contributed by atoms with Gasteiger partial charge in [-0.2, -0.15) is 0 Å². The van der Waals surface area contributed by atoms with Crippen LogP contribution in [0.15, 0.2) is 36.4 Å². The standard InChI is InChI=1S/C18H20N2O3/c1-11-8-9-15(10-12(11)2)14(4)19-18(21)16-6-5-7-17(13(16)3)20(22)23/h5-10,14H,1-4H3,(H,19,21)/t14-/m0/s1. The van der Waals surface area contributed by atoms with E-state index in [9.17, 15) is 14.9 Å². The quantitative estimate of drug-likeness (QED) is 0.685. The average molecular weight is 312 g/mol. The van der Waals surface area contributed by atoms with Gasteiger partial charge in [-0.25, -0.2) is 0 Å². The molecule has 2 aromatic rings. The third kappa shape index (κ3) is 3.56. The van der Waals surface area contributed by atoms with Gasteiger partial charge in [0.1, 0.15) is 0 Å². The summed E-state index contributed by atoms with van der Waals surface area (Å²) in [4.78, 5) is 23.0. The van der Waals surface area contributed by atoms with Crippen molar-refractivity contribution < 1.29 is 9.72 Å². The molecule has 0 saturated heterocycles. The predicted octanol–water partition coefficient (Wildman–Crippen LogP) is 4.01. The zero-order valence-corrected chi connectivity index (χ0v) is 13.7. The molecule has 0 aliphatic heterocycles. The zero-order chi connectivity index (χ0) is 17.1. The molecule has 0 unspecified atom stereocenters. The maximum Gasteiger partial charge on any atom is 0.273 e.